The van der Waals surface area contributed by atoms with Gasteiger partial charge >= 0.3 is 0 Å². The van der Waals surface area contributed by atoms with Gasteiger partial charge in [-0.2, -0.15) is 0 Å². The van der Waals surface area contributed by atoms with Gasteiger partial charge in [-0.1, -0.05) is 0 Å². The molecule has 1 aromatic carbocycles. The molecule has 0 bridgehead atoms. The van der Waals surface area contributed by atoms with Crippen LogP contribution >= 0.6 is 0 Å². The first-order chi connectivity index (χ1) is 7.09. The molecule has 0 saturated heterocycles. The SMILES string of the molecule is CC(O)c1cc(F)ccc1N(C)C1CC1. The van der Waals surface area contributed by atoms with Gasteiger partial charge in [0.15, 0.2) is 0 Å². The number of nitrogens with zero attached hydrogens (tertiary/aromatic N) is 1. The van der Waals surface area contributed by atoms with E-state index in [0.717, 1.165) is 5.69 Å². The van der Waals surface area contributed by atoms with Crippen LogP contribution in [0, 0.1) is 5.82 Å². The molecule has 1 aliphatic carbocycles. The third-order valence-corrected chi connectivity index (χ3v) is 2.91. The molecule has 0 aromatic heterocycles. The molecular weight excluding hydrogens is 193 g/mol. The Labute approximate surface area is 89.3 Å². The maximum Gasteiger partial charge on any atom is 0.123 e. The van der Waals surface area contributed by atoms with Crippen molar-refractivity contribution in [3.05, 3.63) is 29.6 Å². The second-order valence-corrected chi connectivity index (χ2v) is 4.22. The minimum absolute atomic E-state index is 0.293. The zero-order chi connectivity index (χ0) is 11.0. The molecule has 1 saturated carbocycles. The molecule has 2 nitrogen and oxygen atoms in total. The number of aliphatic hydroxyl groups is 1. The fourth-order valence-corrected chi connectivity index (χ4v) is 1.84. The summed E-state index contributed by atoms with van der Waals surface area (Å²) in [7, 11) is 2.00. The third kappa shape index (κ3) is 2.12. The fraction of sp³-hybridized carbons (Fsp3) is 0.500. The molecule has 1 fully saturated rings. The Morgan fingerprint density at radius 1 is 1.47 bits per heavy atom. The maximum atomic E-state index is 13.1. The molecule has 0 spiro atoms. The monoisotopic (exact) mass is 209 g/mol. The standard InChI is InChI=1S/C12H16FNO/c1-8(15)11-7-9(13)3-6-12(11)14(2)10-4-5-10/h3,6-8,10,15H,4-5H2,1-2H3. The van der Waals surface area contributed by atoms with Crippen LogP contribution < -0.4 is 4.90 Å². The Kier molecular flexibility index (Phi) is 2.65. The zero-order valence-electron chi connectivity index (χ0n) is 9.07. The number of benzene rings is 1. The summed E-state index contributed by atoms with van der Waals surface area (Å²) in [6.07, 6.45) is 1.75. The van der Waals surface area contributed by atoms with E-state index in [1.165, 1.54) is 25.0 Å². The second kappa shape index (κ2) is 3.81. The van der Waals surface area contributed by atoms with Gasteiger partial charge in [0.05, 0.1) is 6.10 Å². The molecular formula is C12H16FNO. The van der Waals surface area contributed by atoms with Crippen molar-refractivity contribution >= 4 is 5.69 Å². The Hall–Kier alpha value is -1.09. The lowest BCUT2D eigenvalue weighted by Crippen LogP contribution is -2.21. The zero-order valence-corrected chi connectivity index (χ0v) is 9.07. The molecule has 1 unspecified atom stereocenters. The van der Waals surface area contributed by atoms with Gasteiger partial charge in [-0.25, -0.2) is 4.39 Å². The van der Waals surface area contributed by atoms with Crippen LogP contribution in [0.5, 0.6) is 0 Å². The van der Waals surface area contributed by atoms with E-state index in [1.807, 2.05) is 7.05 Å². The number of anilines is 1. The molecule has 2 rings (SSSR count). The Balaban J connectivity index is 2.35. The van der Waals surface area contributed by atoms with E-state index in [2.05, 4.69) is 4.90 Å². The maximum absolute atomic E-state index is 13.1. The van der Waals surface area contributed by atoms with Crippen LogP contribution in [0.3, 0.4) is 0 Å². The first-order valence-corrected chi connectivity index (χ1v) is 5.30. The molecule has 3 heteroatoms. The highest BCUT2D eigenvalue weighted by atomic mass is 19.1. The van der Waals surface area contributed by atoms with Gasteiger partial charge in [-0.3, -0.25) is 0 Å². The van der Waals surface area contributed by atoms with Crippen molar-refractivity contribution in [2.24, 2.45) is 0 Å². The highest BCUT2D eigenvalue weighted by Gasteiger charge is 2.28. The molecule has 82 valence electrons. The summed E-state index contributed by atoms with van der Waals surface area (Å²) in [5, 5.41) is 9.59. The first kappa shape index (κ1) is 10.4. The smallest absolute Gasteiger partial charge is 0.123 e. The van der Waals surface area contributed by atoms with Crippen LogP contribution in [0.25, 0.3) is 0 Å². The second-order valence-electron chi connectivity index (χ2n) is 4.22. The van der Waals surface area contributed by atoms with Crippen LogP contribution in [0.4, 0.5) is 10.1 Å². The summed E-state index contributed by atoms with van der Waals surface area (Å²) in [5.74, 6) is -0.293. The summed E-state index contributed by atoms with van der Waals surface area (Å²) in [5.41, 5.74) is 1.61. The van der Waals surface area contributed by atoms with Crippen molar-refractivity contribution < 1.29 is 9.50 Å². The minimum Gasteiger partial charge on any atom is -0.389 e. The van der Waals surface area contributed by atoms with E-state index in [-0.39, 0.29) is 5.82 Å². The Morgan fingerprint density at radius 3 is 2.67 bits per heavy atom. The van der Waals surface area contributed by atoms with Crippen LogP contribution in [-0.4, -0.2) is 18.2 Å². The predicted molar refractivity (Wildman–Crippen MR) is 58.5 cm³/mol. The van der Waals surface area contributed by atoms with Gasteiger partial charge in [0.25, 0.3) is 0 Å². The molecule has 1 aliphatic rings. The predicted octanol–water partition coefficient (Wildman–Crippen LogP) is 2.48. The van der Waals surface area contributed by atoms with Crippen molar-refractivity contribution in [3.63, 3.8) is 0 Å². The molecule has 1 aromatic rings. The third-order valence-electron chi connectivity index (χ3n) is 2.91. The summed E-state index contributed by atoms with van der Waals surface area (Å²) < 4.78 is 13.1. The van der Waals surface area contributed by atoms with E-state index in [9.17, 15) is 9.50 Å². The van der Waals surface area contributed by atoms with E-state index in [1.54, 1.807) is 13.0 Å². The van der Waals surface area contributed by atoms with Crippen LogP contribution in [-0.2, 0) is 0 Å². The largest absolute Gasteiger partial charge is 0.389 e. The van der Waals surface area contributed by atoms with E-state index in [4.69, 9.17) is 0 Å². The van der Waals surface area contributed by atoms with Crippen LogP contribution in [0.2, 0.25) is 0 Å². The van der Waals surface area contributed by atoms with Gasteiger partial charge < -0.3 is 10.0 Å². The van der Waals surface area contributed by atoms with Gasteiger partial charge in [0.2, 0.25) is 0 Å². The first-order valence-electron chi connectivity index (χ1n) is 5.30. The van der Waals surface area contributed by atoms with Crippen LogP contribution in [0.15, 0.2) is 18.2 Å². The van der Waals surface area contributed by atoms with Gasteiger partial charge in [0.1, 0.15) is 5.82 Å². The molecule has 1 atom stereocenters. The normalized spacial score (nSPS) is 17.6. The number of rotatable bonds is 3. The van der Waals surface area contributed by atoms with E-state index in [0.29, 0.717) is 11.6 Å². The summed E-state index contributed by atoms with van der Waals surface area (Å²) in [4.78, 5) is 2.13. The number of halogens is 1. The van der Waals surface area contributed by atoms with Crippen molar-refractivity contribution in [1.29, 1.82) is 0 Å². The quantitative estimate of drug-likeness (QED) is 0.826. The summed E-state index contributed by atoms with van der Waals surface area (Å²) in [6.45, 7) is 1.67. The minimum atomic E-state index is -0.628. The van der Waals surface area contributed by atoms with Crippen LogP contribution in [0.1, 0.15) is 31.4 Å². The molecule has 0 amide bonds. The lowest BCUT2D eigenvalue weighted by atomic mass is 10.1. The molecule has 15 heavy (non-hydrogen) atoms. The van der Waals surface area contributed by atoms with E-state index < -0.39 is 6.10 Å². The lowest BCUT2D eigenvalue weighted by Gasteiger charge is -2.23. The number of aliphatic hydroxyl groups excluding tert-OH is 1. The van der Waals surface area contributed by atoms with Crippen molar-refractivity contribution in [3.8, 4) is 0 Å². The average Bonchev–Trinajstić information content (AvgIpc) is 2.99. The summed E-state index contributed by atoms with van der Waals surface area (Å²) in [6, 6.07) is 5.17. The number of hydrogen-bond donors (Lipinski definition) is 1. The summed E-state index contributed by atoms with van der Waals surface area (Å²) >= 11 is 0. The highest BCUT2D eigenvalue weighted by Crippen LogP contribution is 2.34. The van der Waals surface area contributed by atoms with Gasteiger partial charge in [-0.15, -0.1) is 0 Å². The topological polar surface area (TPSA) is 23.5 Å². The van der Waals surface area contributed by atoms with E-state index >= 15 is 0 Å². The average molecular weight is 209 g/mol. The Bertz CT molecular complexity index is 361. The van der Waals surface area contributed by atoms with Gasteiger partial charge in [-0.05, 0) is 38.0 Å². The molecule has 0 radical (unpaired) electrons. The Morgan fingerprint density at radius 2 is 2.13 bits per heavy atom. The van der Waals surface area contributed by atoms with Crippen molar-refractivity contribution in [2.75, 3.05) is 11.9 Å². The van der Waals surface area contributed by atoms with Gasteiger partial charge in [0, 0.05) is 24.3 Å². The number of hydrogen-bond acceptors (Lipinski definition) is 2. The highest BCUT2D eigenvalue weighted by molar-refractivity contribution is 5.55. The molecule has 0 aliphatic heterocycles. The molecule has 0 heterocycles. The lowest BCUT2D eigenvalue weighted by molar-refractivity contribution is 0.199. The fourth-order valence-electron chi connectivity index (χ4n) is 1.84. The van der Waals surface area contributed by atoms with Crippen molar-refractivity contribution in [1.82, 2.24) is 0 Å². The van der Waals surface area contributed by atoms with Crippen molar-refractivity contribution in [2.45, 2.75) is 31.9 Å². The molecule has 1 N–H and O–H groups in total.